The Balaban J connectivity index is 1.51. The molecule has 1 aliphatic heterocycles. The average molecular weight is 743 g/mol. The largest absolute Gasteiger partial charge is 0.392 e. The number of primary amides is 1. The molecule has 1 aliphatic rings. The Morgan fingerprint density at radius 3 is 1.79 bits per heavy atom. The zero-order valence-electron chi connectivity index (χ0n) is 32.8. The summed E-state index contributed by atoms with van der Waals surface area (Å²) in [5.41, 5.74) is 6.51. The van der Waals surface area contributed by atoms with Crippen LogP contribution in [0.3, 0.4) is 0 Å². The molecule has 11 nitrogen and oxygen atoms in total. The number of rotatable bonds is 30. The summed E-state index contributed by atoms with van der Waals surface area (Å²) in [4.78, 5) is 64.2. The molecule has 2 rings (SSSR count). The number of carbonyl (C=O) groups is 5. The van der Waals surface area contributed by atoms with Crippen LogP contribution >= 0.6 is 0 Å². The van der Waals surface area contributed by atoms with Crippen molar-refractivity contribution in [3.05, 3.63) is 35.9 Å². The predicted octanol–water partition coefficient (Wildman–Crippen LogP) is 6.77. The maximum Gasteiger partial charge on any atom is 0.335 e. The molecule has 0 radical (unpaired) electrons. The average Bonchev–Trinajstić information content (AvgIpc) is 3.50. The standard InChI is InChI=1S/C42H70N4O7/c1-3-4-5-6-7-8-9-10-11-12-13-14-15-16-17-18-19-20-24-27-39(49)53-42(52)33(2)44-38(48)29-28-36(40(43)50)45-41(51)37-30-35(47)32-46(37)31-34-25-22-21-23-26-34/h21-23,25-26,33,35-37,47H,3-20,24,27-32H2,1-2H3,(H2,43,50)(H,44,48)(H,45,51)/t33-,35?,36+,37-/m0/s1. The van der Waals surface area contributed by atoms with Crippen molar-refractivity contribution in [3.8, 4) is 0 Å². The summed E-state index contributed by atoms with van der Waals surface area (Å²) in [5, 5.41) is 15.3. The molecular weight excluding hydrogens is 672 g/mol. The van der Waals surface area contributed by atoms with E-state index in [1.165, 1.54) is 103 Å². The van der Waals surface area contributed by atoms with Gasteiger partial charge in [-0.05, 0) is 31.7 Å². The smallest absolute Gasteiger partial charge is 0.335 e. The second-order valence-electron chi connectivity index (χ2n) is 15.0. The van der Waals surface area contributed by atoms with Crippen molar-refractivity contribution in [1.29, 1.82) is 0 Å². The molecule has 0 saturated carbocycles. The molecule has 1 aromatic carbocycles. The number of nitrogens with one attached hydrogen (secondary N) is 2. The number of amides is 3. The molecule has 3 amide bonds. The highest BCUT2D eigenvalue weighted by atomic mass is 16.6. The minimum atomic E-state index is -1.12. The van der Waals surface area contributed by atoms with Crippen LogP contribution in [0.2, 0.25) is 0 Å². The van der Waals surface area contributed by atoms with Gasteiger partial charge in [-0.2, -0.15) is 0 Å². The van der Waals surface area contributed by atoms with Gasteiger partial charge in [-0.15, -0.1) is 0 Å². The number of aliphatic hydroxyl groups excluding tert-OH is 1. The van der Waals surface area contributed by atoms with Crippen molar-refractivity contribution < 1.29 is 33.8 Å². The Morgan fingerprint density at radius 1 is 0.774 bits per heavy atom. The third kappa shape index (κ3) is 21.2. The van der Waals surface area contributed by atoms with E-state index in [9.17, 15) is 29.1 Å². The van der Waals surface area contributed by atoms with Crippen molar-refractivity contribution in [1.82, 2.24) is 15.5 Å². The second kappa shape index (κ2) is 28.2. The summed E-state index contributed by atoms with van der Waals surface area (Å²) < 4.78 is 4.94. The number of carbonyl (C=O) groups excluding carboxylic acids is 5. The van der Waals surface area contributed by atoms with E-state index >= 15 is 0 Å². The molecule has 1 heterocycles. The first kappa shape index (κ1) is 45.8. The molecule has 11 heteroatoms. The van der Waals surface area contributed by atoms with Gasteiger partial charge in [0.1, 0.15) is 12.1 Å². The minimum Gasteiger partial charge on any atom is -0.392 e. The topological polar surface area (TPSA) is 168 Å². The Kier molecular flexibility index (Phi) is 24.4. The van der Waals surface area contributed by atoms with E-state index in [0.717, 1.165) is 24.8 Å². The summed E-state index contributed by atoms with van der Waals surface area (Å²) in [6.07, 6.45) is 23.4. The maximum atomic E-state index is 13.1. The lowest BCUT2D eigenvalue weighted by atomic mass is 10.0. The SMILES string of the molecule is CCCCCCCCCCCCCCCCCCCCCC(=O)OC(=O)[C@H](C)NC(=O)CC[C@@H](NC(=O)[C@@H]1CC(O)CN1Cc1ccccc1)C(N)=O. The number of β-amino-alcohol motifs (C(OH)–C–C–N with tert-alkyl or cyclic N) is 1. The van der Waals surface area contributed by atoms with E-state index in [0.29, 0.717) is 19.5 Å². The summed E-state index contributed by atoms with van der Waals surface area (Å²) in [7, 11) is 0. The van der Waals surface area contributed by atoms with Crippen molar-refractivity contribution >= 4 is 29.7 Å². The number of hydrogen-bond acceptors (Lipinski definition) is 8. The van der Waals surface area contributed by atoms with E-state index in [1.807, 2.05) is 35.2 Å². The van der Waals surface area contributed by atoms with Crippen molar-refractivity contribution in [2.24, 2.45) is 5.73 Å². The molecule has 0 spiro atoms. The van der Waals surface area contributed by atoms with Gasteiger partial charge in [-0.1, -0.05) is 153 Å². The Hall–Kier alpha value is -3.31. The van der Waals surface area contributed by atoms with Crippen LogP contribution in [-0.2, 0) is 35.3 Å². The van der Waals surface area contributed by atoms with E-state index < -0.39 is 53.9 Å². The van der Waals surface area contributed by atoms with Crippen LogP contribution in [-0.4, -0.2) is 70.4 Å². The molecule has 1 fully saturated rings. The summed E-state index contributed by atoms with van der Waals surface area (Å²) >= 11 is 0. The van der Waals surface area contributed by atoms with Gasteiger partial charge in [0.2, 0.25) is 17.7 Å². The quantitative estimate of drug-likeness (QED) is 0.0381. The van der Waals surface area contributed by atoms with Crippen LogP contribution in [0.5, 0.6) is 0 Å². The summed E-state index contributed by atoms with van der Waals surface area (Å²) in [6, 6.07) is 6.71. The van der Waals surface area contributed by atoms with Gasteiger partial charge >= 0.3 is 11.9 Å². The molecule has 1 unspecified atom stereocenters. The maximum absolute atomic E-state index is 13.1. The molecule has 1 aromatic rings. The van der Waals surface area contributed by atoms with Gasteiger partial charge in [0.15, 0.2) is 0 Å². The number of hydrogen-bond donors (Lipinski definition) is 4. The first-order valence-electron chi connectivity index (χ1n) is 20.7. The molecule has 4 atom stereocenters. The molecular formula is C42H70N4O7. The first-order valence-corrected chi connectivity index (χ1v) is 20.7. The molecule has 5 N–H and O–H groups in total. The highest BCUT2D eigenvalue weighted by molar-refractivity contribution is 5.92. The molecule has 1 saturated heterocycles. The number of aliphatic hydroxyl groups is 1. The number of benzene rings is 1. The van der Waals surface area contributed by atoms with Gasteiger partial charge in [0, 0.05) is 25.9 Å². The van der Waals surface area contributed by atoms with Crippen LogP contribution in [0.25, 0.3) is 0 Å². The van der Waals surface area contributed by atoms with Crippen LogP contribution in [0.15, 0.2) is 30.3 Å². The number of nitrogens with zero attached hydrogens (tertiary/aromatic N) is 1. The highest BCUT2D eigenvalue weighted by Crippen LogP contribution is 2.21. The summed E-state index contributed by atoms with van der Waals surface area (Å²) in [6.45, 7) is 4.45. The fourth-order valence-electron chi connectivity index (χ4n) is 6.95. The fraction of sp³-hybridized carbons (Fsp3) is 0.738. The Bertz CT molecular complexity index is 1200. The number of likely N-dealkylation sites (tertiary alicyclic amines) is 1. The zero-order valence-corrected chi connectivity index (χ0v) is 32.8. The van der Waals surface area contributed by atoms with Crippen LogP contribution in [0.4, 0.5) is 0 Å². The van der Waals surface area contributed by atoms with Crippen molar-refractivity contribution in [2.45, 2.75) is 192 Å². The van der Waals surface area contributed by atoms with Gasteiger partial charge in [0.25, 0.3) is 0 Å². The molecule has 53 heavy (non-hydrogen) atoms. The molecule has 0 aromatic heterocycles. The van der Waals surface area contributed by atoms with E-state index in [1.54, 1.807) is 0 Å². The Morgan fingerprint density at radius 2 is 1.28 bits per heavy atom. The lowest BCUT2D eigenvalue weighted by molar-refractivity contribution is -0.161. The van der Waals surface area contributed by atoms with Crippen LogP contribution in [0.1, 0.15) is 167 Å². The monoisotopic (exact) mass is 743 g/mol. The van der Waals surface area contributed by atoms with Crippen molar-refractivity contribution in [3.63, 3.8) is 0 Å². The normalized spacial score (nSPS) is 16.9. The van der Waals surface area contributed by atoms with Gasteiger partial charge in [-0.25, -0.2) is 4.79 Å². The third-order valence-corrected chi connectivity index (χ3v) is 10.2. The zero-order chi connectivity index (χ0) is 38.7. The minimum absolute atomic E-state index is 0.0824. The van der Waals surface area contributed by atoms with Gasteiger partial charge in [-0.3, -0.25) is 24.1 Å². The van der Waals surface area contributed by atoms with Crippen LogP contribution in [0, 0.1) is 0 Å². The predicted molar refractivity (Wildman–Crippen MR) is 208 cm³/mol. The lowest BCUT2D eigenvalue weighted by Gasteiger charge is -2.25. The summed E-state index contributed by atoms with van der Waals surface area (Å²) in [5.74, 6) is -3.27. The first-order chi connectivity index (χ1) is 25.6. The number of nitrogens with two attached hydrogens (primary N) is 1. The number of ether oxygens (including phenoxy) is 1. The molecule has 300 valence electrons. The number of esters is 2. The Labute approximate surface area is 318 Å². The van der Waals surface area contributed by atoms with Crippen LogP contribution < -0.4 is 16.4 Å². The van der Waals surface area contributed by atoms with Crippen molar-refractivity contribution in [2.75, 3.05) is 6.54 Å². The molecule has 0 bridgehead atoms. The van der Waals surface area contributed by atoms with E-state index in [4.69, 9.17) is 10.5 Å². The number of unbranched alkanes of at least 4 members (excludes halogenated alkanes) is 18. The van der Waals surface area contributed by atoms with Gasteiger partial charge < -0.3 is 26.2 Å². The van der Waals surface area contributed by atoms with E-state index in [2.05, 4.69) is 17.6 Å². The lowest BCUT2D eigenvalue weighted by Crippen LogP contribution is -2.51. The highest BCUT2D eigenvalue weighted by Gasteiger charge is 2.37. The second-order valence-corrected chi connectivity index (χ2v) is 15.0. The fourth-order valence-corrected chi connectivity index (χ4v) is 6.95. The third-order valence-electron chi connectivity index (χ3n) is 10.2. The molecule has 0 aliphatic carbocycles. The van der Waals surface area contributed by atoms with E-state index in [-0.39, 0.29) is 25.7 Å². The van der Waals surface area contributed by atoms with Gasteiger partial charge in [0.05, 0.1) is 12.1 Å².